The molecule has 0 radical (unpaired) electrons. The Hall–Kier alpha value is -2.56. The third kappa shape index (κ3) is 3.98. The highest BCUT2D eigenvalue weighted by Gasteiger charge is 2.26. The van der Waals surface area contributed by atoms with Crippen molar-refractivity contribution < 1.29 is 22.6 Å². The quantitative estimate of drug-likeness (QED) is 0.596. The molecule has 1 aromatic heterocycles. The Morgan fingerprint density at radius 3 is 2.29 bits per heavy atom. The summed E-state index contributed by atoms with van der Waals surface area (Å²) in [6.07, 6.45) is 0. The number of methoxy groups -OCH3 is 3. The molecule has 0 bridgehead atoms. The van der Waals surface area contributed by atoms with Crippen LogP contribution >= 0.6 is 22.9 Å². The maximum absolute atomic E-state index is 12.9. The molecule has 0 unspecified atom stereocenters. The number of nitrogens with one attached hydrogen (secondary N) is 1. The van der Waals surface area contributed by atoms with Gasteiger partial charge in [-0.2, -0.15) is 0 Å². The highest BCUT2D eigenvalue weighted by Crippen LogP contribution is 2.37. The summed E-state index contributed by atoms with van der Waals surface area (Å²) in [4.78, 5) is -0.129. The molecule has 0 saturated carbocycles. The van der Waals surface area contributed by atoms with Gasteiger partial charge in [-0.25, -0.2) is 8.42 Å². The van der Waals surface area contributed by atoms with Crippen molar-refractivity contribution in [2.75, 3.05) is 26.1 Å². The fourth-order valence-electron chi connectivity index (χ4n) is 2.42. The number of hydrogen-bond donors (Lipinski definition) is 1. The van der Waals surface area contributed by atoms with Crippen molar-refractivity contribution in [2.24, 2.45) is 0 Å². The van der Waals surface area contributed by atoms with Crippen molar-refractivity contribution >= 4 is 38.1 Å². The van der Waals surface area contributed by atoms with Crippen LogP contribution in [0, 0.1) is 0 Å². The maximum Gasteiger partial charge on any atom is 0.271 e. The summed E-state index contributed by atoms with van der Waals surface area (Å²) >= 11 is 7.25. The van der Waals surface area contributed by atoms with Gasteiger partial charge >= 0.3 is 0 Å². The second-order valence-corrected chi connectivity index (χ2v) is 8.36. The van der Waals surface area contributed by atoms with Gasteiger partial charge in [-0.05, 0) is 30.3 Å². The van der Waals surface area contributed by atoms with E-state index in [0.29, 0.717) is 21.3 Å². The second-order valence-electron chi connectivity index (χ2n) is 5.36. The lowest BCUT2D eigenvalue weighted by atomic mass is 10.2. The number of ether oxygens (including phenoxy) is 3. The van der Waals surface area contributed by atoms with Crippen molar-refractivity contribution in [3.05, 3.63) is 41.4 Å². The molecule has 3 aromatic rings. The van der Waals surface area contributed by atoms with Gasteiger partial charge in [-0.15, -0.1) is 10.2 Å². The van der Waals surface area contributed by atoms with Gasteiger partial charge in [0.2, 0.25) is 5.13 Å². The first-order chi connectivity index (χ1) is 13.4. The van der Waals surface area contributed by atoms with Gasteiger partial charge in [0.1, 0.15) is 17.2 Å². The van der Waals surface area contributed by atoms with Crippen LogP contribution < -0.4 is 18.9 Å². The first-order valence-electron chi connectivity index (χ1n) is 7.81. The van der Waals surface area contributed by atoms with Gasteiger partial charge in [0.15, 0.2) is 9.90 Å². The Morgan fingerprint density at radius 2 is 1.68 bits per heavy atom. The summed E-state index contributed by atoms with van der Waals surface area (Å²) in [6, 6.07) is 9.76. The van der Waals surface area contributed by atoms with Crippen molar-refractivity contribution in [3.8, 4) is 27.8 Å². The van der Waals surface area contributed by atoms with Crippen LogP contribution in [-0.2, 0) is 10.0 Å². The molecule has 0 aliphatic rings. The van der Waals surface area contributed by atoms with Gasteiger partial charge in [0.05, 0.1) is 26.4 Å². The first kappa shape index (κ1) is 20.2. The average Bonchev–Trinajstić information content (AvgIpc) is 3.15. The number of sulfonamides is 1. The maximum atomic E-state index is 12.9. The van der Waals surface area contributed by atoms with E-state index in [2.05, 4.69) is 14.9 Å². The van der Waals surface area contributed by atoms with E-state index in [1.165, 1.54) is 33.5 Å². The molecule has 0 fully saturated rings. The van der Waals surface area contributed by atoms with Crippen LogP contribution in [0.25, 0.3) is 10.6 Å². The van der Waals surface area contributed by atoms with E-state index in [9.17, 15) is 8.42 Å². The number of aromatic nitrogens is 2. The van der Waals surface area contributed by atoms with Crippen LogP contribution in [-0.4, -0.2) is 39.9 Å². The second kappa shape index (κ2) is 8.21. The highest BCUT2D eigenvalue weighted by molar-refractivity contribution is 7.93. The molecule has 0 spiro atoms. The molecular formula is C17H16ClN3O5S2. The van der Waals surface area contributed by atoms with Crippen LogP contribution in [0.15, 0.2) is 41.3 Å². The monoisotopic (exact) mass is 441 g/mol. The lowest BCUT2D eigenvalue weighted by Gasteiger charge is -2.13. The smallest absolute Gasteiger partial charge is 0.271 e. The molecule has 0 aliphatic carbocycles. The highest BCUT2D eigenvalue weighted by atomic mass is 35.5. The van der Waals surface area contributed by atoms with Crippen molar-refractivity contribution in [3.63, 3.8) is 0 Å². The van der Waals surface area contributed by atoms with Crippen LogP contribution in [0.5, 0.6) is 17.2 Å². The van der Waals surface area contributed by atoms with E-state index in [4.69, 9.17) is 25.8 Å². The molecule has 0 amide bonds. The Kier molecular flexibility index (Phi) is 5.92. The van der Waals surface area contributed by atoms with Gasteiger partial charge in [-0.1, -0.05) is 29.0 Å². The van der Waals surface area contributed by atoms with E-state index < -0.39 is 10.0 Å². The summed E-state index contributed by atoms with van der Waals surface area (Å²) in [5, 5.41) is 8.88. The molecule has 11 heteroatoms. The van der Waals surface area contributed by atoms with E-state index in [1.807, 2.05) is 0 Å². The SMILES string of the molecule is COc1ccc(Cl)c(-c2nnc(NS(=O)(=O)c3c(OC)cccc3OC)s2)c1. The predicted molar refractivity (Wildman–Crippen MR) is 107 cm³/mol. The molecule has 1 N–H and O–H groups in total. The molecule has 2 aromatic carbocycles. The Balaban J connectivity index is 1.96. The van der Waals surface area contributed by atoms with Gasteiger partial charge in [0, 0.05) is 5.56 Å². The number of anilines is 1. The largest absolute Gasteiger partial charge is 0.497 e. The van der Waals surface area contributed by atoms with Crippen LogP contribution in [0.2, 0.25) is 5.02 Å². The van der Waals surface area contributed by atoms with Crippen LogP contribution in [0.4, 0.5) is 5.13 Å². The van der Waals surface area contributed by atoms with E-state index in [1.54, 1.807) is 24.3 Å². The van der Waals surface area contributed by atoms with Crippen molar-refractivity contribution in [1.29, 1.82) is 0 Å². The van der Waals surface area contributed by atoms with Crippen LogP contribution in [0.3, 0.4) is 0 Å². The van der Waals surface area contributed by atoms with Gasteiger partial charge < -0.3 is 14.2 Å². The zero-order chi connectivity index (χ0) is 20.3. The van der Waals surface area contributed by atoms with Gasteiger partial charge in [-0.3, -0.25) is 4.72 Å². The van der Waals surface area contributed by atoms with Gasteiger partial charge in [0.25, 0.3) is 10.0 Å². The molecule has 1 heterocycles. The topological polar surface area (TPSA) is 99.6 Å². The van der Waals surface area contributed by atoms with Crippen LogP contribution in [0.1, 0.15) is 0 Å². The minimum Gasteiger partial charge on any atom is -0.497 e. The third-order valence-corrected chi connectivity index (χ3v) is 6.43. The molecule has 3 rings (SSSR count). The van der Waals surface area contributed by atoms with E-state index in [-0.39, 0.29) is 21.5 Å². The normalized spacial score (nSPS) is 11.1. The number of benzene rings is 2. The minimum absolute atomic E-state index is 0.0712. The summed E-state index contributed by atoms with van der Waals surface area (Å²) in [7, 11) is 0.248. The number of rotatable bonds is 7. The van der Waals surface area contributed by atoms with Crippen molar-refractivity contribution in [1.82, 2.24) is 10.2 Å². The number of halogens is 1. The lowest BCUT2D eigenvalue weighted by molar-refractivity contribution is 0.373. The third-order valence-electron chi connectivity index (χ3n) is 3.70. The molecule has 148 valence electrons. The number of nitrogens with zero attached hydrogens (tertiary/aromatic N) is 2. The zero-order valence-electron chi connectivity index (χ0n) is 15.1. The molecule has 28 heavy (non-hydrogen) atoms. The van der Waals surface area contributed by atoms with Crippen molar-refractivity contribution in [2.45, 2.75) is 4.90 Å². The lowest BCUT2D eigenvalue weighted by Crippen LogP contribution is -2.15. The molecule has 0 saturated heterocycles. The fourth-order valence-corrected chi connectivity index (χ4v) is 5.01. The Labute approximate surface area is 171 Å². The summed E-state index contributed by atoms with van der Waals surface area (Å²) < 4.78 is 43.7. The Morgan fingerprint density at radius 1 is 1.00 bits per heavy atom. The first-order valence-corrected chi connectivity index (χ1v) is 10.5. The zero-order valence-corrected chi connectivity index (χ0v) is 17.5. The molecular weight excluding hydrogens is 426 g/mol. The standard InChI is InChI=1S/C17H16ClN3O5S2/c1-24-10-7-8-12(18)11(9-10)16-19-20-17(27-16)21-28(22,23)15-13(25-2)5-4-6-14(15)26-3/h4-9H,1-3H3,(H,20,21). The summed E-state index contributed by atoms with van der Waals surface area (Å²) in [5.74, 6) is 0.885. The summed E-state index contributed by atoms with van der Waals surface area (Å²) in [5.41, 5.74) is 0.582. The minimum atomic E-state index is -4.04. The molecule has 0 atom stereocenters. The predicted octanol–water partition coefficient (Wildman–Crippen LogP) is 3.69. The van der Waals surface area contributed by atoms with E-state index in [0.717, 1.165) is 11.3 Å². The number of hydrogen-bond acceptors (Lipinski definition) is 8. The Bertz CT molecular complexity index is 1080. The summed E-state index contributed by atoms with van der Waals surface area (Å²) in [6.45, 7) is 0. The molecule has 8 nitrogen and oxygen atoms in total. The fraction of sp³-hybridized carbons (Fsp3) is 0.176. The molecule has 0 aliphatic heterocycles. The average molecular weight is 442 g/mol. The van der Waals surface area contributed by atoms with E-state index >= 15 is 0 Å².